The second-order valence-electron chi connectivity index (χ2n) is 6.39. The number of ether oxygens (including phenoxy) is 2. The third-order valence-electron chi connectivity index (χ3n) is 4.57. The summed E-state index contributed by atoms with van der Waals surface area (Å²) in [7, 11) is 1.68. The van der Waals surface area contributed by atoms with E-state index < -0.39 is 0 Å². The average molecular weight is 505 g/mol. The number of carbonyl (C=O) groups is 1. The molecule has 1 aliphatic rings. The fourth-order valence-corrected chi connectivity index (χ4v) is 3.12. The van der Waals surface area contributed by atoms with E-state index in [0.29, 0.717) is 39.3 Å². The predicted octanol–water partition coefficient (Wildman–Crippen LogP) is 2.56. The highest BCUT2D eigenvalue weighted by Gasteiger charge is 2.23. The first-order chi connectivity index (χ1) is 13.0. The number of piperazine rings is 1. The van der Waals surface area contributed by atoms with Crippen LogP contribution in [0.5, 0.6) is 5.75 Å². The van der Waals surface area contributed by atoms with Crippen LogP contribution in [-0.2, 0) is 11.3 Å². The highest BCUT2D eigenvalue weighted by molar-refractivity contribution is 14.0. The number of hydrogen-bond acceptors (Lipinski definition) is 5. The lowest BCUT2D eigenvalue weighted by Crippen LogP contribution is -2.53. The molecule has 28 heavy (non-hydrogen) atoms. The number of aliphatic imine (C=N–C) groups is 1. The summed E-state index contributed by atoms with van der Waals surface area (Å²) in [5.41, 5.74) is 2.94. The van der Waals surface area contributed by atoms with Crippen LogP contribution in [0.15, 0.2) is 11.2 Å². The van der Waals surface area contributed by atoms with Crippen LogP contribution in [0.2, 0.25) is 0 Å². The topological polar surface area (TPSA) is 79.3 Å². The van der Waals surface area contributed by atoms with Crippen LogP contribution in [0, 0.1) is 13.8 Å². The van der Waals surface area contributed by atoms with Crippen molar-refractivity contribution >= 4 is 36.0 Å². The fraction of sp³-hybridized carbons (Fsp3) is 0.632. The number of nitrogens with zero attached hydrogens (tertiary/aromatic N) is 4. The van der Waals surface area contributed by atoms with Crippen molar-refractivity contribution in [2.45, 2.75) is 34.2 Å². The van der Waals surface area contributed by atoms with Gasteiger partial charge in [0.1, 0.15) is 5.75 Å². The van der Waals surface area contributed by atoms with Crippen LogP contribution in [0.3, 0.4) is 0 Å². The quantitative estimate of drug-likeness (QED) is 0.377. The smallest absolute Gasteiger partial charge is 0.409 e. The molecule has 0 aliphatic carbocycles. The largest absolute Gasteiger partial charge is 0.496 e. The molecule has 158 valence electrons. The molecule has 9 heteroatoms. The molecule has 1 aromatic rings. The molecule has 2 heterocycles. The standard InChI is InChI=1S/C19H31N5O3.HI/c1-6-20-18(23-8-10-24(11-9-23)19(25)27-7-2)22-13-16-15(4)17(26-5)14(3)12-21-16;/h12H,6-11,13H2,1-5H3,(H,20,22);1H. The molecular formula is C19H32IN5O3. The summed E-state index contributed by atoms with van der Waals surface area (Å²) in [6, 6.07) is 0. The molecule has 1 fully saturated rings. The normalized spacial score (nSPS) is 14.4. The summed E-state index contributed by atoms with van der Waals surface area (Å²) in [5, 5.41) is 3.33. The summed E-state index contributed by atoms with van der Waals surface area (Å²) in [5.74, 6) is 1.70. The Morgan fingerprint density at radius 1 is 1.21 bits per heavy atom. The lowest BCUT2D eigenvalue weighted by atomic mass is 10.1. The number of aromatic nitrogens is 1. The number of carbonyl (C=O) groups excluding carboxylic acids is 1. The van der Waals surface area contributed by atoms with Gasteiger partial charge in [-0.2, -0.15) is 0 Å². The monoisotopic (exact) mass is 505 g/mol. The van der Waals surface area contributed by atoms with E-state index in [1.807, 2.05) is 33.9 Å². The molecule has 2 rings (SSSR count). The number of hydrogen-bond donors (Lipinski definition) is 1. The van der Waals surface area contributed by atoms with Crippen LogP contribution < -0.4 is 10.1 Å². The SMILES string of the molecule is CCNC(=NCc1ncc(C)c(OC)c1C)N1CCN(C(=O)OCC)CC1.I. The Bertz CT molecular complexity index is 676. The highest BCUT2D eigenvalue weighted by atomic mass is 127. The number of guanidine groups is 1. The van der Waals surface area contributed by atoms with Gasteiger partial charge in [0.25, 0.3) is 0 Å². The Morgan fingerprint density at radius 2 is 1.86 bits per heavy atom. The van der Waals surface area contributed by atoms with Gasteiger partial charge in [-0.15, -0.1) is 24.0 Å². The second kappa shape index (κ2) is 11.9. The number of pyridine rings is 1. The summed E-state index contributed by atoms with van der Waals surface area (Å²) in [6.45, 7) is 12.2. The molecule has 0 atom stereocenters. The van der Waals surface area contributed by atoms with Crippen LogP contribution in [0.4, 0.5) is 4.79 Å². The van der Waals surface area contributed by atoms with Crippen LogP contribution in [0.25, 0.3) is 0 Å². The van der Waals surface area contributed by atoms with E-state index in [-0.39, 0.29) is 30.1 Å². The zero-order valence-corrected chi connectivity index (χ0v) is 19.8. The maximum absolute atomic E-state index is 11.9. The molecule has 1 saturated heterocycles. The summed E-state index contributed by atoms with van der Waals surface area (Å²) < 4.78 is 10.6. The number of nitrogens with one attached hydrogen (secondary N) is 1. The van der Waals surface area contributed by atoms with Gasteiger partial charge in [0.15, 0.2) is 5.96 Å². The molecule has 1 amide bonds. The maximum atomic E-state index is 11.9. The van der Waals surface area contributed by atoms with E-state index in [4.69, 9.17) is 14.5 Å². The third-order valence-corrected chi connectivity index (χ3v) is 4.57. The predicted molar refractivity (Wildman–Crippen MR) is 121 cm³/mol. The van der Waals surface area contributed by atoms with Gasteiger partial charge >= 0.3 is 6.09 Å². The molecule has 1 N–H and O–H groups in total. The Balaban J connectivity index is 0.00000392. The fourth-order valence-electron chi connectivity index (χ4n) is 3.12. The first-order valence-electron chi connectivity index (χ1n) is 9.45. The minimum atomic E-state index is -0.245. The highest BCUT2D eigenvalue weighted by Crippen LogP contribution is 2.24. The molecule has 0 spiro atoms. The lowest BCUT2D eigenvalue weighted by Gasteiger charge is -2.35. The van der Waals surface area contributed by atoms with Crippen molar-refractivity contribution < 1.29 is 14.3 Å². The number of amides is 1. The Hall–Kier alpha value is -1.78. The molecular weight excluding hydrogens is 473 g/mol. The first kappa shape index (κ1) is 24.3. The van der Waals surface area contributed by atoms with Gasteiger partial charge in [-0.05, 0) is 27.7 Å². The van der Waals surface area contributed by atoms with Crippen molar-refractivity contribution in [3.8, 4) is 5.75 Å². The zero-order valence-electron chi connectivity index (χ0n) is 17.4. The Morgan fingerprint density at radius 3 is 2.43 bits per heavy atom. The molecule has 0 saturated carbocycles. The molecule has 0 bridgehead atoms. The zero-order chi connectivity index (χ0) is 19.8. The Labute approximate surface area is 184 Å². The molecule has 0 aromatic carbocycles. The van der Waals surface area contributed by atoms with Crippen LogP contribution in [-0.4, -0.2) is 73.3 Å². The van der Waals surface area contributed by atoms with Gasteiger partial charge in [0.2, 0.25) is 0 Å². The van der Waals surface area contributed by atoms with Crippen molar-refractivity contribution in [1.29, 1.82) is 0 Å². The van der Waals surface area contributed by atoms with Gasteiger partial charge in [0, 0.05) is 50.0 Å². The first-order valence-corrected chi connectivity index (χ1v) is 9.45. The minimum absolute atomic E-state index is 0. The van der Waals surface area contributed by atoms with E-state index >= 15 is 0 Å². The molecule has 1 aromatic heterocycles. The molecule has 0 unspecified atom stereocenters. The summed E-state index contributed by atoms with van der Waals surface area (Å²) in [4.78, 5) is 25.0. The van der Waals surface area contributed by atoms with Gasteiger partial charge in [-0.3, -0.25) is 4.98 Å². The van der Waals surface area contributed by atoms with Crippen molar-refractivity contribution in [2.75, 3.05) is 46.4 Å². The maximum Gasteiger partial charge on any atom is 0.409 e. The van der Waals surface area contributed by atoms with E-state index in [2.05, 4.69) is 15.2 Å². The lowest BCUT2D eigenvalue weighted by molar-refractivity contribution is 0.0914. The van der Waals surface area contributed by atoms with Crippen molar-refractivity contribution in [2.24, 2.45) is 4.99 Å². The van der Waals surface area contributed by atoms with Crippen LogP contribution in [0.1, 0.15) is 30.7 Å². The van der Waals surface area contributed by atoms with E-state index in [9.17, 15) is 4.79 Å². The van der Waals surface area contributed by atoms with Crippen molar-refractivity contribution in [1.82, 2.24) is 20.1 Å². The molecule has 8 nitrogen and oxygen atoms in total. The van der Waals surface area contributed by atoms with Crippen molar-refractivity contribution in [3.05, 3.63) is 23.0 Å². The van der Waals surface area contributed by atoms with E-state index in [0.717, 1.165) is 35.1 Å². The molecule has 0 radical (unpaired) electrons. The summed E-state index contributed by atoms with van der Waals surface area (Å²) >= 11 is 0. The summed E-state index contributed by atoms with van der Waals surface area (Å²) in [6.07, 6.45) is 1.58. The number of methoxy groups -OCH3 is 1. The molecule has 1 aliphatic heterocycles. The van der Waals surface area contributed by atoms with Gasteiger partial charge in [-0.1, -0.05) is 0 Å². The average Bonchev–Trinajstić information content (AvgIpc) is 2.67. The van der Waals surface area contributed by atoms with Crippen molar-refractivity contribution in [3.63, 3.8) is 0 Å². The minimum Gasteiger partial charge on any atom is -0.496 e. The van der Waals surface area contributed by atoms with Gasteiger partial charge in [0.05, 0.1) is 26.0 Å². The van der Waals surface area contributed by atoms with E-state index in [1.165, 1.54) is 0 Å². The Kier molecular flexibility index (Phi) is 10.3. The second-order valence-corrected chi connectivity index (χ2v) is 6.39. The van der Waals surface area contributed by atoms with E-state index in [1.54, 1.807) is 12.0 Å². The number of rotatable bonds is 5. The number of halogens is 1. The van der Waals surface area contributed by atoms with Crippen LogP contribution >= 0.6 is 24.0 Å². The van der Waals surface area contributed by atoms with Gasteiger partial charge in [-0.25, -0.2) is 9.79 Å². The number of aryl methyl sites for hydroxylation is 1. The third kappa shape index (κ3) is 6.11. The van der Waals surface area contributed by atoms with Gasteiger partial charge < -0.3 is 24.6 Å².